The smallest absolute Gasteiger partial charge is 0.406 e. The summed E-state index contributed by atoms with van der Waals surface area (Å²) in [5.74, 6) is 0.545. The number of piperidine rings is 1. The zero-order valence-electron chi connectivity index (χ0n) is 21.3. The predicted octanol–water partition coefficient (Wildman–Crippen LogP) is 5.27. The predicted molar refractivity (Wildman–Crippen MR) is 136 cm³/mol. The third-order valence-electron chi connectivity index (χ3n) is 6.15. The SMILES string of the molecule is CC(=O)Nc1c(C)ccc(Nc2ncnc(N3CCC(OCc4ccc(OC(F)(F)F)cc4)CC3)n2)c1C. The van der Waals surface area contributed by atoms with Crippen molar-refractivity contribution >= 4 is 29.2 Å². The number of anilines is 4. The largest absolute Gasteiger partial charge is 0.573 e. The maximum atomic E-state index is 12.3. The zero-order chi connectivity index (χ0) is 27.3. The normalized spacial score (nSPS) is 14.3. The lowest BCUT2D eigenvalue weighted by molar-refractivity contribution is -0.274. The molecule has 0 unspecified atom stereocenters. The van der Waals surface area contributed by atoms with Crippen LogP contribution in [0.2, 0.25) is 0 Å². The number of aryl methyl sites for hydroxylation is 1. The van der Waals surface area contributed by atoms with Crippen LogP contribution in [-0.2, 0) is 16.1 Å². The summed E-state index contributed by atoms with van der Waals surface area (Å²) in [6.45, 7) is 6.98. The van der Waals surface area contributed by atoms with E-state index in [0.29, 0.717) is 31.6 Å². The summed E-state index contributed by atoms with van der Waals surface area (Å²) in [5, 5.41) is 6.09. The molecule has 12 heteroatoms. The molecule has 1 aliphatic rings. The Morgan fingerprint density at radius 3 is 2.45 bits per heavy atom. The standard InChI is InChI=1S/C26H29F3N6O3/c1-16-4-9-22(17(2)23(16)32-18(3)36)33-24-30-15-31-25(34-24)35-12-10-20(11-13-35)37-14-19-5-7-21(8-6-19)38-26(27,28)29/h4-9,15,20H,10-14H2,1-3H3,(H,32,36)(H,30,31,33,34). The highest BCUT2D eigenvalue weighted by molar-refractivity contribution is 5.92. The van der Waals surface area contributed by atoms with Crippen molar-refractivity contribution in [1.82, 2.24) is 15.0 Å². The van der Waals surface area contributed by atoms with Gasteiger partial charge in [-0.25, -0.2) is 9.97 Å². The minimum absolute atomic E-state index is 0.0131. The van der Waals surface area contributed by atoms with Gasteiger partial charge in [-0.1, -0.05) is 18.2 Å². The molecule has 2 aromatic carbocycles. The molecule has 2 N–H and O–H groups in total. The number of benzene rings is 2. The molecule has 4 rings (SSSR count). The van der Waals surface area contributed by atoms with Crippen LogP contribution < -0.4 is 20.3 Å². The number of carbonyl (C=O) groups is 1. The number of aromatic nitrogens is 3. The number of ether oxygens (including phenoxy) is 2. The Kier molecular flexibility index (Phi) is 8.30. The second-order valence-electron chi connectivity index (χ2n) is 9.03. The van der Waals surface area contributed by atoms with Gasteiger partial charge in [-0.15, -0.1) is 13.2 Å². The molecule has 0 atom stereocenters. The fourth-order valence-corrected chi connectivity index (χ4v) is 4.20. The van der Waals surface area contributed by atoms with Gasteiger partial charge in [0.1, 0.15) is 12.1 Å². The van der Waals surface area contributed by atoms with Gasteiger partial charge in [-0.05, 0) is 61.6 Å². The van der Waals surface area contributed by atoms with Crippen LogP contribution in [0.4, 0.5) is 36.4 Å². The van der Waals surface area contributed by atoms with Gasteiger partial charge in [0.2, 0.25) is 17.8 Å². The third-order valence-corrected chi connectivity index (χ3v) is 6.15. The summed E-state index contributed by atoms with van der Waals surface area (Å²) in [5.41, 5.74) is 4.13. The van der Waals surface area contributed by atoms with Gasteiger partial charge < -0.3 is 25.0 Å². The highest BCUT2D eigenvalue weighted by Crippen LogP contribution is 2.29. The molecule has 202 valence electrons. The van der Waals surface area contributed by atoms with Crippen molar-refractivity contribution in [3.05, 3.63) is 59.4 Å². The van der Waals surface area contributed by atoms with E-state index < -0.39 is 6.36 Å². The van der Waals surface area contributed by atoms with E-state index in [9.17, 15) is 18.0 Å². The second kappa shape index (κ2) is 11.6. The van der Waals surface area contributed by atoms with Crippen molar-refractivity contribution in [1.29, 1.82) is 0 Å². The number of halogens is 3. The summed E-state index contributed by atoms with van der Waals surface area (Å²) < 4.78 is 46.8. The zero-order valence-corrected chi connectivity index (χ0v) is 21.3. The first-order chi connectivity index (χ1) is 18.1. The van der Waals surface area contributed by atoms with Crippen LogP contribution in [0, 0.1) is 13.8 Å². The van der Waals surface area contributed by atoms with E-state index in [4.69, 9.17) is 4.74 Å². The molecule has 1 aromatic heterocycles. The van der Waals surface area contributed by atoms with Crippen LogP contribution >= 0.6 is 0 Å². The summed E-state index contributed by atoms with van der Waals surface area (Å²) in [4.78, 5) is 26.8. The Labute approximate surface area is 218 Å². The quantitative estimate of drug-likeness (QED) is 0.406. The minimum Gasteiger partial charge on any atom is -0.406 e. The van der Waals surface area contributed by atoms with Crippen molar-refractivity contribution in [3.8, 4) is 5.75 Å². The summed E-state index contributed by atoms with van der Waals surface area (Å²) in [6.07, 6.45) is -1.74. The van der Waals surface area contributed by atoms with Crippen LogP contribution in [-0.4, -0.2) is 46.4 Å². The Balaban J connectivity index is 1.31. The minimum atomic E-state index is -4.71. The maximum Gasteiger partial charge on any atom is 0.573 e. The molecule has 1 fully saturated rings. The average Bonchev–Trinajstić information content (AvgIpc) is 2.87. The van der Waals surface area contributed by atoms with Crippen LogP contribution in [0.25, 0.3) is 0 Å². The van der Waals surface area contributed by atoms with Crippen molar-refractivity contribution in [2.24, 2.45) is 0 Å². The van der Waals surface area contributed by atoms with E-state index in [1.165, 1.54) is 25.4 Å². The molecule has 1 amide bonds. The fourth-order valence-electron chi connectivity index (χ4n) is 4.20. The summed E-state index contributed by atoms with van der Waals surface area (Å²) >= 11 is 0. The number of amides is 1. The van der Waals surface area contributed by atoms with Crippen molar-refractivity contribution in [2.75, 3.05) is 28.6 Å². The maximum absolute atomic E-state index is 12.3. The van der Waals surface area contributed by atoms with E-state index in [0.717, 1.165) is 40.9 Å². The molecule has 2 heterocycles. The van der Waals surface area contributed by atoms with Gasteiger partial charge in [-0.2, -0.15) is 4.98 Å². The van der Waals surface area contributed by atoms with Gasteiger partial charge in [-0.3, -0.25) is 4.79 Å². The second-order valence-corrected chi connectivity index (χ2v) is 9.03. The summed E-state index contributed by atoms with van der Waals surface area (Å²) in [6, 6.07) is 9.51. The van der Waals surface area contributed by atoms with E-state index in [2.05, 4.69) is 35.2 Å². The van der Waals surface area contributed by atoms with E-state index in [-0.39, 0.29) is 17.8 Å². The molecule has 9 nitrogen and oxygen atoms in total. The lowest BCUT2D eigenvalue weighted by Gasteiger charge is -2.32. The Bertz CT molecular complexity index is 1260. The first-order valence-electron chi connectivity index (χ1n) is 12.1. The molecule has 0 aliphatic carbocycles. The van der Waals surface area contributed by atoms with E-state index in [1.54, 1.807) is 12.1 Å². The van der Waals surface area contributed by atoms with Crippen LogP contribution in [0.1, 0.15) is 36.5 Å². The van der Waals surface area contributed by atoms with Crippen LogP contribution in [0.15, 0.2) is 42.7 Å². The molecule has 0 saturated carbocycles. The van der Waals surface area contributed by atoms with Crippen molar-refractivity contribution in [3.63, 3.8) is 0 Å². The van der Waals surface area contributed by atoms with Gasteiger partial charge >= 0.3 is 6.36 Å². The number of alkyl halides is 3. The van der Waals surface area contributed by atoms with Crippen molar-refractivity contribution in [2.45, 2.75) is 52.7 Å². The Morgan fingerprint density at radius 2 is 1.79 bits per heavy atom. The van der Waals surface area contributed by atoms with E-state index in [1.807, 2.05) is 26.0 Å². The monoisotopic (exact) mass is 530 g/mol. The molecule has 1 saturated heterocycles. The van der Waals surface area contributed by atoms with Gasteiger partial charge in [0.25, 0.3) is 0 Å². The highest BCUT2D eigenvalue weighted by Gasteiger charge is 2.31. The molecule has 0 radical (unpaired) electrons. The number of rotatable bonds is 8. The van der Waals surface area contributed by atoms with Crippen molar-refractivity contribution < 1.29 is 27.4 Å². The molecular formula is C26H29F3N6O3. The number of nitrogens with zero attached hydrogens (tertiary/aromatic N) is 4. The van der Waals surface area contributed by atoms with Crippen LogP contribution in [0.3, 0.4) is 0 Å². The first-order valence-corrected chi connectivity index (χ1v) is 12.1. The van der Waals surface area contributed by atoms with Crippen LogP contribution in [0.5, 0.6) is 5.75 Å². The first kappa shape index (κ1) is 27.1. The molecule has 0 bridgehead atoms. The molecule has 3 aromatic rings. The molecule has 38 heavy (non-hydrogen) atoms. The highest BCUT2D eigenvalue weighted by atomic mass is 19.4. The number of hydrogen-bond acceptors (Lipinski definition) is 8. The lowest BCUT2D eigenvalue weighted by Crippen LogP contribution is -2.38. The molecular weight excluding hydrogens is 501 g/mol. The van der Waals surface area contributed by atoms with Gasteiger partial charge in [0.15, 0.2) is 0 Å². The number of nitrogens with one attached hydrogen (secondary N) is 2. The lowest BCUT2D eigenvalue weighted by atomic mass is 10.1. The number of hydrogen-bond donors (Lipinski definition) is 2. The average molecular weight is 531 g/mol. The Morgan fingerprint density at radius 1 is 1.08 bits per heavy atom. The third kappa shape index (κ3) is 7.31. The Hall–Kier alpha value is -3.93. The fraction of sp³-hybridized carbons (Fsp3) is 0.385. The number of carbonyl (C=O) groups excluding carboxylic acids is 1. The topological polar surface area (TPSA) is 102 Å². The molecule has 0 spiro atoms. The van der Waals surface area contributed by atoms with Gasteiger partial charge in [0.05, 0.1) is 12.7 Å². The molecule has 1 aliphatic heterocycles. The summed E-state index contributed by atoms with van der Waals surface area (Å²) in [7, 11) is 0. The van der Waals surface area contributed by atoms with Gasteiger partial charge in [0, 0.05) is 31.4 Å². The van der Waals surface area contributed by atoms with E-state index >= 15 is 0 Å².